The zero-order valence-corrected chi connectivity index (χ0v) is 12.6. The molecular weight excluding hydrogens is 258 g/mol. The van der Waals surface area contributed by atoms with Gasteiger partial charge in [0.2, 0.25) is 5.91 Å². The third-order valence-corrected chi connectivity index (χ3v) is 4.00. The number of carbonyl (C=O) groups excluding carboxylic acids is 1. The van der Waals surface area contributed by atoms with Crippen molar-refractivity contribution < 1.29 is 4.79 Å². The molecule has 0 spiro atoms. The molecule has 19 heavy (non-hydrogen) atoms. The minimum absolute atomic E-state index is 0.152. The Labute approximate surface area is 119 Å². The lowest BCUT2D eigenvalue weighted by Gasteiger charge is -2.04. The van der Waals surface area contributed by atoms with Crippen LogP contribution in [0, 0.1) is 0 Å². The maximum absolute atomic E-state index is 11.6. The van der Waals surface area contributed by atoms with E-state index in [-0.39, 0.29) is 5.91 Å². The lowest BCUT2D eigenvalue weighted by molar-refractivity contribution is -0.121. The molecule has 0 radical (unpaired) electrons. The van der Waals surface area contributed by atoms with E-state index in [2.05, 4.69) is 22.6 Å². The van der Waals surface area contributed by atoms with Crippen LogP contribution in [0.2, 0.25) is 0 Å². The first-order chi connectivity index (χ1) is 9.26. The minimum atomic E-state index is 0.152. The quantitative estimate of drug-likeness (QED) is 0.647. The van der Waals surface area contributed by atoms with Gasteiger partial charge in [0.05, 0.1) is 10.7 Å². The van der Waals surface area contributed by atoms with Crippen LogP contribution in [-0.4, -0.2) is 24.0 Å². The summed E-state index contributed by atoms with van der Waals surface area (Å²) in [5.74, 6) is 0.152. The molecule has 0 aliphatic heterocycles. The van der Waals surface area contributed by atoms with E-state index >= 15 is 0 Å². The summed E-state index contributed by atoms with van der Waals surface area (Å²) >= 11 is 1.70. The van der Waals surface area contributed by atoms with Crippen LogP contribution >= 0.6 is 11.3 Å². The number of carbonyl (C=O) groups is 1. The van der Waals surface area contributed by atoms with Crippen molar-refractivity contribution in [3.8, 4) is 0 Å². The molecule has 0 bridgehead atoms. The molecule has 0 saturated carbocycles. The molecule has 1 amide bonds. The van der Waals surface area contributed by atoms with Gasteiger partial charge in [-0.25, -0.2) is 4.98 Å². The largest absolute Gasteiger partial charge is 0.356 e. The van der Waals surface area contributed by atoms with Crippen LogP contribution in [0.3, 0.4) is 0 Å². The number of nitrogens with zero attached hydrogens (tertiary/aromatic N) is 1. The smallest absolute Gasteiger partial charge is 0.220 e. The van der Waals surface area contributed by atoms with Crippen molar-refractivity contribution in [1.82, 2.24) is 10.3 Å². The summed E-state index contributed by atoms with van der Waals surface area (Å²) in [7, 11) is 0. The van der Waals surface area contributed by atoms with Crippen molar-refractivity contribution >= 4 is 17.2 Å². The number of hydrogen-bond donors (Lipinski definition) is 2. The Kier molecular flexibility index (Phi) is 8.41. The SMILES string of the molecule is CCc1nc(CCNC(=O)CCCCCCN)cs1. The van der Waals surface area contributed by atoms with Gasteiger partial charge in [-0.2, -0.15) is 0 Å². The summed E-state index contributed by atoms with van der Waals surface area (Å²) < 4.78 is 0. The molecular formula is C14H25N3OS. The monoisotopic (exact) mass is 283 g/mol. The van der Waals surface area contributed by atoms with Crippen molar-refractivity contribution in [2.24, 2.45) is 5.73 Å². The highest BCUT2D eigenvalue weighted by Gasteiger charge is 2.03. The Bertz CT molecular complexity index is 365. The number of amides is 1. The van der Waals surface area contributed by atoms with Gasteiger partial charge in [-0.3, -0.25) is 4.79 Å². The van der Waals surface area contributed by atoms with Crippen LogP contribution in [-0.2, 0) is 17.6 Å². The van der Waals surface area contributed by atoms with E-state index < -0.39 is 0 Å². The number of nitrogens with two attached hydrogens (primary N) is 1. The molecule has 1 aromatic rings. The van der Waals surface area contributed by atoms with Gasteiger partial charge in [0.25, 0.3) is 0 Å². The summed E-state index contributed by atoms with van der Waals surface area (Å²) in [4.78, 5) is 16.1. The zero-order chi connectivity index (χ0) is 13.9. The average molecular weight is 283 g/mol. The predicted octanol–water partition coefficient (Wildman–Crippen LogP) is 2.27. The van der Waals surface area contributed by atoms with Gasteiger partial charge in [0, 0.05) is 24.8 Å². The zero-order valence-electron chi connectivity index (χ0n) is 11.8. The van der Waals surface area contributed by atoms with E-state index in [4.69, 9.17) is 5.73 Å². The molecule has 1 aromatic heterocycles. The van der Waals surface area contributed by atoms with Crippen LogP contribution in [0.25, 0.3) is 0 Å². The van der Waals surface area contributed by atoms with Crippen molar-refractivity contribution in [2.75, 3.05) is 13.1 Å². The third-order valence-electron chi connectivity index (χ3n) is 2.96. The molecule has 0 fully saturated rings. The van der Waals surface area contributed by atoms with Gasteiger partial charge >= 0.3 is 0 Å². The maximum atomic E-state index is 11.6. The van der Waals surface area contributed by atoms with E-state index in [1.54, 1.807) is 11.3 Å². The summed E-state index contributed by atoms with van der Waals surface area (Å²) in [5, 5.41) is 6.20. The lowest BCUT2D eigenvalue weighted by Crippen LogP contribution is -2.25. The van der Waals surface area contributed by atoms with E-state index in [0.717, 1.165) is 50.8 Å². The van der Waals surface area contributed by atoms with Crippen molar-refractivity contribution in [1.29, 1.82) is 0 Å². The van der Waals surface area contributed by atoms with Gasteiger partial charge in [-0.15, -0.1) is 11.3 Å². The third kappa shape index (κ3) is 7.28. The number of aryl methyl sites for hydroxylation is 1. The van der Waals surface area contributed by atoms with E-state index in [9.17, 15) is 4.79 Å². The Balaban J connectivity index is 2.03. The number of hydrogen-bond acceptors (Lipinski definition) is 4. The van der Waals surface area contributed by atoms with Gasteiger partial charge < -0.3 is 11.1 Å². The second-order valence-corrected chi connectivity index (χ2v) is 5.58. The number of nitrogens with one attached hydrogen (secondary N) is 1. The molecule has 1 heterocycles. The molecule has 0 aliphatic carbocycles. The fourth-order valence-corrected chi connectivity index (χ4v) is 2.61. The first kappa shape index (κ1) is 16.1. The van der Waals surface area contributed by atoms with Crippen molar-refractivity contribution in [2.45, 2.75) is 51.9 Å². The standard InChI is InChI=1S/C14H25N3OS/c1-2-14-17-12(11-19-14)8-10-16-13(18)7-5-3-4-6-9-15/h11H,2-10,15H2,1H3,(H,16,18). The maximum Gasteiger partial charge on any atom is 0.220 e. The van der Waals surface area contributed by atoms with Crippen LogP contribution in [0.15, 0.2) is 5.38 Å². The number of rotatable bonds is 10. The van der Waals surface area contributed by atoms with E-state index in [1.165, 1.54) is 5.01 Å². The molecule has 0 aromatic carbocycles. The minimum Gasteiger partial charge on any atom is -0.356 e. The van der Waals surface area contributed by atoms with Gasteiger partial charge in [-0.05, 0) is 25.8 Å². The molecule has 4 nitrogen and oxygen atoms in total. The fraction of sp³-hybridized carbons (Fsp3) is 0.714. The summed E-state index contributed by atoms with van der Waals surface area (Å²) in [5.41, 5.74) is 6.51. The van der Waals surface area contributed by atoms with Gasteiger partial charge in [0.1, 0.15) is 0 Å². The topological polar surface area (TPSA) is 68.0 Å². The van der Waals surface area contributed by atoms with Crippen LogP contribution in [0.5, 0.6) is 0 Å². The van der Waals surface area contributed by atoms with Crippen LogP contribution in [0.1, 0.15) is 49.7 Å². The normalized spacial score (nSPS) is 10.6. The molecule has 0 unspecified atom stereocenters. The molecule has 0 atom stereocenters. The Morgan fingerprint density at radius 3 is 2.84 bits per heavy atom. The molecule has 5 heteroatoms. The molecule has 108 valence electrons. The summed E-state index contributed by atoms with van der Waals surface area (Å²) in [6, 6.07) is 0. The predicted molar refractivity (Wildman–Crippen MR) is 80.3 cm³/mol. The number of unbranched alkanes of at least 4 members (excludes halogenated alkanes) is 3. The number of aromatic nitrogens is 1. The Hall–Kier alpha value is -0.940. The average Bonchev–Trinajstić information content (AvgIpc) is 2.86. The highest BCUT2D eigenvalue weighted by atomic mass is 32.1. The molecule has 1 rings (SSSR count). The Morgan fingerprint density at radius 1 is 1.37 bits per heavy atom. The van der Waals surface area contributed by atoms with Crippen LogP contribution < -0.4 is 11.1 Å². The first-order valence-corrected chi connectivity index (χ1v) is 8.04. The molecule has 3 N–H and O–H groups in total. The van der Waals surface area contributed by atoms with E-state index in [1.807, 2.05) is 0 Å². The number of thiazole rings is 1. The summed E-state index contributed by atoms with van der Waals surface area (Å²) in [6.45, 7) is 3.54. The van der Waals surface area contributed by atoms with E-state index in [0.29, 0.717) is 13.0 Å². The highest BCUT2D eigenvalue weighted by molar-refractivity contribution is 7.09. The Morgan fingerprint density at radius 2 is 2.16 bits per heavy atom. The second-order valence-electron chi connectivity index (χ2n) is 4.64. The van der Waals surface area contributed by atoms with Gasteiger partial charge in [-0.1, -0.05) is 19.8 Å². The van der Waals surface area contributed by atoms with Gasteiger partial charge in [0.15, 0.2) is 0 Å². The summed E-state index contributed by atoms with van der Waals surface area (Å²) in [6.07, 6.45) is 6.68. The van der Waals surface area contributed by atoms with Crippen LogP contribution in [0.4, 0.5) is 0 Å². The molecule has 0 saturated heterocycles. The highest BCUT2D eigenvalue weighted by Crippen LogP contribution is 2.10. The van der Waals surface area contributed by atoms with Crippen molar-refractivity contribution in [3.05, 3.63) is 16.1 Å². The lowest BCUT2D eigenvalue weighted by atomic mass is 10.1. The van der Waals surface area contributed by atoms with Crippen molar-refractivity contribution in [3.63, 3.8) is 0 Å². The second kappa shape index (κ2) is 9.92. The first-order valence-electron chi connectivity index (χ1n) is 7.16. The molecule has 0 aliphatic rings. The fourth-order valence-electron chi connectivity index (χ4n) is 1.83.